The summed E-state index contributed by atoms with van der Waals surface area (Å²) < 4.78 is 64.0. The maximum Gasteiger partial charge on any atom is 0.429 e. The number of ether oxygens (including phenoxy) is 1. The Kier molecular flexibility index (Phi) is 7.58. The van der Waals surface area contributed by atoms with Crippen molar-refractivity contribution in [2.75, 3.05) is 0 Å². The first kappa shape index (κ1) is 26.0. The summed E-state index contributed by atoms with van der Waals surface area (Å²) in [4.78, 5) is 0. The fourth-order valence-electron chi connectivity index (χ4n) is 3.59. The Labute approximate surface area is 188 Å². The van der Waals surface area contributed by atoms with Gasteiger partial charge >= 0.3 is 6.11 Å². The van der Waals surface area contributed by atoms with E-state index in [-0.39, 0.29) is 23.5 Å². The Bertz CT molecular complexity index is 919. The Balaban J connectivity index is 2.49. The van der Waals surface area contributed by atoms with Gasteiger partial charge in [-0.15, -0.1) is 0 Å². The third-order valence-electron chi connectivity index (χ3n) is 5.47. The topological polar surface area (TPSA) is 29.5 Å². The number of rotatable bonds is 7. The van der Waals surface area contributed by atoms with Crippen molar-refractivity contribution < 1.29 is 27.4 Å². The lowest BCUT2D eigenvalue weighted by Crippen LogP contribution is -2.25. The monoisotopic (exact) mass is 454 g/mol. The molecule has 0 aromatic heterocycles. The quantitative estimate of drug-likeness (QED) is 0.338. The van der Waals surface area contributed by atoms with Gasteiger partial charge in [0.1, 0.15) is 17.1 Å². The molecule has 2 aromatic rings. The number of alkyl halides is 2. The molecule has 0 aliphatic heterocycles. The van der Waals surface area contributed by atoms with E-state index < -0.39 is 34.1 Å². The van der Waals surface area contributed by atoms with Crippen LogP contribution < -0.4 is 4.74 Å². The highest BCUT2D eigenvalue weighted by Gasteiger charge is 2.40. The molecule has 0 unspecified atom stereocenters. The number of unbranched alkanes of at least 4 members (excludes halogenated alkanes) is 2. The number of phenols is 1. The minimum atomic E-state index is -4.10. The van der Waals surface area contributed by atoms with Crippen molar-refractivity contribution in [3.63, 3.8) is 0 Å². The van der Waals surface area contributed by atoms with Gasteiger partial charge in [0.25, 0.3) is 0 Å². The summed E-state index contributed by atoms with van der Waals surface area (Å²) in [7, 11) is 0. The van der Waals surface area contributed by atoms with Crippen molar-refractivity contribution in [3.05, 3.63) is 58.2 Å². The van der Waals surface area contributed by atoms with Crippen molar-refractivity contribution in [2.24, 2.45) is 0 Å². The first-order valence-corrected chi connectivity index (χ1v) is 11.0. The van der Waals surface area contributed by atoms with E-state index >= 15 is 0 Å². The Morgan fingerprint density at radius 3 is 1.81 bits per heavy atom. The average Bonchev–Trinajstić information content (AvgIpc) is 2.64. The van der Waals surface area contributed by atoms with E-state index in [0.29, 0.717) is 17.5 Å². The highest BCUT2D eigenvalue weighted by atomic mass is 19.3. The second-order valence-corrected chi connectivity index (χ2v) is 10.3. The van der Waals surface area contributed by atoms with Crippen LogP contribution in [-0.4, -0.2) is 5.11 Å². The number of benzene rings is 2. The normalized spacial score (nSPS) is 12.8. The molecule has 32 heavy (non-hydrogen) atoms. The van der Waals surface area contributed by atoms with Crippen LogP contribution in [-0.2, 0) is 23.4 Å². The SMILES string of the molecule is CCCCCc1ccc(C(F)(F)Oc2cc(C(C)(C)C)c(O)c(C(C)(C)C)c2)c(F)c1F. The number of phenolic OH excluding ortho intramolecular Hbond substituents is 1. The summed E-state index contributed by atoms with van der Waals surface area (Å²) in [5.74, 6) is -3.09. The molecule has 0 aliphatic rings. The summed E-state index contributed by atoms with van der Waals surface area (Å²) in [5, 5.41) is 10.7. The van der Waals surface area contributed by atoms with Gasteiger partial charge in [0.05, 0.1) is 0 Å². The number of hydrogen-bond donors (Lipinski definition) is 1. The standard InChI is InChI=1S/C26H34F4O2/c1-8-9-10-11-16-12-13-18(22(28)21(16)27)26(29,30)32-17-14-19(24(2,3)4)23(31)20(15-17)25(5,6)7/h12-15,31H,8-11H2,1-7H3. The summed E-state index contributed by atoms with van der Waals surface area (Å²) in [6, 6.07) is 4.73. The lowest BCUT2D eigenvalue weighted by Gasteiger charge is -2.29. The van der Waals surface area contributed by atoms with Crippen LogP contribution in [0.25, 0.3) is 0 Å². The summed E-state index contributed by atoms with van der Waals surface area (Å²) in [5.41, 5.74) is -1.35. The number of aromatic hydroxyl groups is 1. The van der Waals surface area contributed by atoms with E-state index in [0.717, 1.165) is 18.9 Å². The van der Waals surface area contributed by atoms with Crippen LogP contribution in [0, 0.1) is 11.6 Å². The molecule has 1 N–H and O–H groups in total. The molecule has 0 saturated carbocycles. The zero-order valence-electron chi connectivity index (χ0n) is 20.0. The molecule has 0 radical (unpaired) electrons. The minimum Gasteiger partial charge on any atom is -0.507 e. The van der Waals surface area contributed by atoms with Crippen molar-refractivity contribution >= 4 is 0 Å². The number of aryl methyl sites for hydroxylation is 1. The molecule has 2 aromatic carbocycles. The van der Waals surface area contributed by atoms with Crippen LogP contribution in [0.5, 0.6) is 11.5 Å². The van der Waals surface area contributed by atoms with Crippen molar-refractivity contribution in [3.8, 4) is 11.5 Å². The molecule has 0 aliphatic carbocycles. The van der Waals surface area contributed by atoms with E-state index in [2.05, 4.69) is 0 Å². The summed E-state index contributed by atoms with van der Waals surface area (Å²) in [6.07, 6.45) is -1.42. The largest absolute Gasteiger partial charge is 0.507 e. The van der Waals surface area contributed by atoms with Gasteiger partial charge in [0, 0.05) is 11.1 Å². The zero-order valence-corrected chi connectivity index (χ0v) is 20.0. The minimum absolute atomic E-state index is 0.00863. The lowest BCUT2D eigenvalue weighted by atomic mass is 9.79. The van der Waals surface area contributed by atoms with Gasteiger partial charge in [-0.25, -0.2) is 8.78 Å². The molecule has 6 heteroatoms. The summed E-state index contributed by atoms with van der Waals surface area (Å²) >= 11 is 0. The first-order valence-electron chi connectivity index (χ1n) is 11.0. The van der Waals surface area contributed by atoms with Gasteiger partial charge in [-0.3, -0.25) is 0 Å². The Hall–Kier alpha value is -2.24. The molecule has 0 saturated heterocycles. The number of halogens is 4. The van der Waals surface area contributed by atoms with E-state index in [4.69, 9.17) is 4.74 Å². The van der Waals surface area contributed by atoms with Gasteiger partial charge in [-0.1, -0.05) is 67.4 Å². The van der Waals surface area contributed by atoms with Crippen LogP contribution in [0.3, 0.4) is 0 Å². The third kappa shape index (κ3) is 5.76. The van der Waals surface area contributed by atoms with Crippen molar-refractivity contribution in [2.45, 2.75) is 91.1 Å². The van der Waals surface area contributed by atoms with Gasteiger partial charge < -0.3 is 9.84 Å². The first-order chi connectivity index (χ1) is 14.6. The molecule has 0 spiro atoms. The van der Waals surface area contributed by atoms with Crippen molar-refractivity contribution in [1.82, 2.24) is 0 Å². The molecule has 0 bridgehead atoms. The second kappa shape index (κ2) is 9.32. The second-order valence-electron chi connectivity index (χ2n) is 10.3. The van der Waals surface area contributed by atoms with Gasteiger partial charge in [0.2, 0.25) is 0 Å². The molecule has 0 heterocycles. The van der Waals surface area contributed by atoms with E-state index in [1.807, 2.05) is 48.5 Å². The third-order valence-corrected chi connectivity index (χ3v) is 5.47. The van der Waals surface area contributed by atoms with Crippen LogP contribution >= 0.6 is 0 Å². The van der Waals surface area contributed by atoms with Crippen molar-refractivity contribution in [1.29, 1.82) is 0 Å². The predicted molar refractivity (Wildman–Crippen MR) is 120 cm³/mol. The van der Waals surface area contributed by atoms with Gasteiger partial charge in [-0.2, -0.15) is 8.78 Å². The predicted octanol–water partition coefficient (Wildman–Crippen LogP) is 8.13. The van der Waals surface area contributed by atoms with E-state index in [1.165, 1.54) is 18.2 Å². The van der Waals surface area contributed by atoms with E-state index in [1.54, 1.807) is 0 Å². The van der Waals surface area contributed by atoms with Crippen LogP contribution in [0.1, 0.15) is 90.0 Å². The van der Waals surface area contributed by atoms with Crippen LogP contribution in [0.2, 0.25) is 0 Å². The van der Waals surface area contributed by atoms with Gasteiger partial charge in [0.15, 0.2) is 11.6 Å². The summed E-state index contributed by atoms with van der Waals surface area (Å²) in [6.45, 7) is 13.0. The molecule has 178 valence electrons. The fraction of sp³-hybridized carbons (Fsp3) is 0.538. The van der Waals surface area contributed by atoms with E-state index in [9.17, 15) is 22.7 Å². The fourth-order valence-corrected chi connectivity index (χ4v) is 3.59. The smallest absolute Gasteiger partial charge is 0.429 e. The maximum atomic E-state index is 15.0. The highest BCUT2D eigenvalue weighted by Crippen LogP contribution is 2.44. The highest BCUT2D eigenvalue weighted by molar-refractivity contribution is 5.52. The Morgan fingerprint density at radius 2 is 1.34 bits per heavy atom. The molecule has 0 fully saturated rings. The lowest BCUT2D eigenvalue weighted by molar-refractivity contribution is -0.187. The van der Waals surface area contributed by atoms with Crippen LogP contribution in [0.4, 0.5) is 17.6 Å². The molecule has 2 rings (SSSR count). The maximum absolute atomic E-state index is 15.0. The molecule has 0 atom stereocenters. The molecular formula is C26H34F4O2. The number of hydrogen-bond acceptors (Lipinski definition) is 2. The Morgan fingerprint density at radius 1 is 0.812 bits per heavy atom. The molecule has 2 nitrogen and oxygen atoms in total. The van der Waals surface area contributed by atoms with Gasteiger partial charge in [-0.05, 0) is 47.4 Å². The molecular weight excluding hydrogens is 420 g/mol. The average molecular weight is 455 g/mol. The molecule has 0 amide bonds. The van der Waals surface area contributed by atoms with Crippen LogP contribution in [0.15, 0.2) is 24.3 Å². The zero-order chi connectivity index (χ0) is 24.5.